The van der Waals surface area contributed by atoms with Crippen LogP contribution in [0.4, 0.5) is 30.7 Å². The Morgan fingerprint density at radius 2 is 1.75 bits per heavy atom. The molecule has 0 heterocycles. The molecule has 1 aromatic rings. The third kappa shape index (κ3) is 4.48. The second-order valence-corrected chi connectivity index (χ2v) is 5.45. The number of hydrogen-bond acceptors (Lipinski definition) is 2. The number of carbonyl (C=O) groups is 1. The van der Waals surface area contributed by atoms with Gasteiger partial charge in [0.05, 0.1) is 11.5 Å². The van der Waals surface area contributed by atoms with Gasteiger partial charge in [-0.25, -0.2) is 4.39 Å². The van der Waals surface area contributed by atoms with Crippen LogP contribution >= 0.6 is 0 Å². The van der Waals surface area contributed by atoms with Crippen molar-refractivity contribution in [2.24, 2.45) is 5.92 Å². The quantitative estimate of drug-likeness (QED) is 0.817. The predicted octanol–water partition coefficient (Wildman–Crippen LogP) is 4.36. The van der Waals surface area contributed by atoms with Crippen LogP contribution in [0.5, 0.6) is 0 Å². The Labute approximate surface area is 132 Å². The molecule has 24 heavy (non-hydrogen) atoms. The molecule has 0 bridgehead atoms. The van der Waals surface area contributed by atoms with E-state index in [-0.39, 0.29) is 17.8 Å². The Balaban J connectivity index is 2.10. The lowest BCUT2D eigenvalue weighted by molar-refractivity contribution is -0.178. The van der Waals surface area contributed by atoms with Gasteiger partial charge in [0.1, 0.15) is 5.82 Å². The molecule has 2 rings (SSSR count). The van der Waals surface area contributed by atoms with Crippen molar-refractivity contribution in [1.82, 2.24) is 5.32 Å². The summed E-state index contributed by atoms with van der Waals surface area (Å²) >= 11 is 0. The van der Waals surface area contributed by atoms with Gasteiger partial charge in [0.25, 0.3) is 0 Å². The summed E-state index contributed by atoms with van der Waals surface area (Å²) in [5.74, 6) is -3.96. The number of benzene rings is 1. The SMILES string of the molecule is O=C1C=C(NCc2ccc(F)c(C(F)(F)F)c2)CC(C(F)(F)F)C1. The molecule has 0 radical (unpaired) electrons. The van der Waals surface area contributed by atoms with E-state index in [9.17, 15) is 35.5 Å². The van der Waals surface area contributed by atoms with Crippen LogP contribution in [0.3, 0.4) is 0 Å². The molecule has 2 nitrogen and oxygen atoms in total. The van der Waals surface area contributed by atoms with Gasteiger partial charge in [-0.2, -0.15) is 26.3 Å². The Morgan fingerprint density at radius 3 is 2.33 bits per heavy atom. The van der Waals surface area contributed by atoms with Crippen LogP contribution in [0.1, 0.15) is 24.0 Å². The third-order valence-corrected chi connectivity index (χ3v) is 3.57. The third-order valence-electron chi connectivity index (χ3n) is 3.57. The van der Waals surface area contributed by atoms with Crippen LogP contribution in [-0.2, 0) is 17.5 Å². The minimum atomic E-state index is -4.87. The van der Waals surface area contributed by atoms with Crippen LogP contribution in [0, 0.1) is 11.7 Å². The van der Waals surface area contributed by atoms with Gasteiger partial charge in [-0.1, -0.05) is 6.07 Å². The van der Waals surface area contributed by atoms with E-state index in [4.69, 9.17) is 0 Å². The molecule has 132 valence electrons. The summed E-state index contributed by atoms with van der Waals surface area (Å²) in [6.45, 7) is -0.257. The first kappa shape index (κ1) is 18.3. The van der Waals surface area contributed by atoms with Crippen LogP contribution in [0.15, 0.2) is 30.0 Å². The Hall–Kier alpha value is -2.06. The molecule has 1 unspecified atom stereocenters. The first-order valence-electron chi connectivity index (χ1n) is 6.86. The number of rotatable bonds is 3. The van der Waals surface area contributed by atoms with Gasteiger partial charge in [-0.3, -0.25) is 4.79 Å². The van der Waals surface area contributed by atoms with Crippen LogP contribution in [0.25, 0.3) is 0 Å². The summed E-state index contributed by atoms with van der Waals surface area (Å²) < 4.78 is 89.1. The smallest absolute Gasteiger partial charge is 0.384 e. The van der Waals surface area contributed by atoms with Crippen molar-refractivity contribution in [2.75, 3.05) is 0 Å². The monoisotopic (exact) mass is 355 g/mol. The number of alkyl halides is 6. The van der Waals surface area contributed by atoms with Crippen LogP contribution in [-0.4, -0.2) is 12.0 Å². The molecule has 1 aromatic carbocycles. The minimum Gasteiger partial charge on any atom is -0.384 e. The highest BCUT2D eigenvalue weighted by Crippen LogP contribution is 2.36. The zero-order valence-corrected chi connectivity index (χ0v) is 12.1. The summed E-state index contributed by atoms with van der Waals surface area (Å²) in [6, 6.07) is 2.30. The average Bonchev–Trinajstić information content (AvgIpc) is 2.43. The summed E-state index contributed by atoms with van der Waals surface area (Å²) in [5, 5.41) is 2.52. The largest absolute Gasteiger partial charge is 0.419 e. The zero-order valence-electron chi connectivity index (χ0n) is 12.1. The molecule has 9 heteroatoms. The normalized spacial score (nSPS) is 19.2. The highest BCUT2D eigenvalue weighted by atomic mass is 19.4. The van der Waals surface area contributed by atoms with E-state index in [2.05, 4.69) is 5.32 Å². The van der Waals surface area contributed by atoms with Gasteiger partial charge in [0.15, 0.2) is 5.78 Å². The molecule has 0 saturated heterocycles. The van der Waals surface area contributed by atoms with E-state index in [0.717, 1.165) is 12.1 Å². The lowest BCUT2D eigenvalue weighted by Crippen LogP contribution is -2.31. The van der Waals surface area contributed by atoms with Gasteiger partial charge >= 0.3 is 12.4 Å². The van der Waals surface area contributed by atoms with Crippen molar-refractivity contribution >= 4 is 5.78 Å². The molecule has 0 fully saturated rings. The Morgan fingerprint density at radius 1 is 1.08 bits per heavy atom. The van der Waals surface area contributed by atoms with E-state index >= 15 is 0 Å². The predicted molar refractivity (Wildman–Crippen MR) is 70.1 cm³/mol. The fourth-order valence-electron chi connectivity index (χ4n) is 2.36. The molecule has 0 aliphatic heterocycles. The lowest BCUT2D eigenvalue weighted by Gasteiger charge is -2.25. The van der Waals surface area contributed by atoms with Crippen molar-refractivity contribution < 1.29 is 35.5 Å². The number of carbonyl (C=O) groups excluding carboxylic acids is 1. The summed E-state index contributed by atoms with van der Waals surface area (Å²) in [6.07, 6.45) is -9.50. The fourth-order valence-corrected chi connectivity index (χ4v) is 2.36. The second-order valence-electron chi connectivity index (χ2n) is 5.45. The topological polar surface area (TPSA) is 29.1 Å². The molecule has 0 spiro atoms. The first-order chi connectivity index (χ1) is 11.0. The first-order valence-corrected chi connectivity index (χ1v) is 6.86. The minimum absolute atomic E-state index is 0.00791. The van der Waals surface area contributed by atoms with Crippen molar-refractivity contribution in [1.29, 1.82) is 0 Å². The maximum Gasteiger partial charge on any atom is 0.419 e. The van der Waals surface area contributed by atoms with Gasteiger partial charge in [0.2, 0.25) is 0 Å². The van der Waals surface area contributed by atoms with E-state index in [1.165, 1.54) is 0 Å². The number of halogens is 7. The zero-order chi connectivity index (χ0) is 18.1. The number of ketones is 1. The lowest BCUT2D eigenvalue weighted by atomic mass is 9.90. The second kappa shape index (κ2) is 6.45. The standard InChI is InChI=1S/C15H12F7NO/c16-13-2-1-8(3-12(13)15(20,21)22)7-23-10-4-9(14(17,18)19)5-11(24)6-10/h1-3,6,9,23H,4-5,7H2. The molecular weight excluding hydrogens is 343 g/mol. The van der Waals surface area contributed by atoms with Crippen molar-refractivity contribution in [3.8, 4) is 0 Å². The summed E-state index contributed by atoms with van der Waals surface area (Å²) in [4.78, 5) is 11.4. The maximum absolute atomic E-state index is 13.2. The van der Waals surface area contributed by atoms with Crippen molar-refractivity contribution in [3.05, 3.63) is 46.9 Å². The molecule has 1 aliphatic rings. The van der Waals surface area contributed by atoms with Gasteiger partial charge in [-0.05, 0) is 24.1 Å². The molecule has 1 atom stereocenters. The maximum atomic E-state index is 13.2. The van der Waals surface area contributed by atoms with Crippen molar-refractivity contribution in [3.63, 3.8) is 0 Å². The van der Waals surface area contributed by atoms with E-state index < -0.39 is 48.3 Å². The summed E-state index contributed by atoms with van der Waals surface area (Å²) in [7, 11) is 0. The Bertz CT molecular complexity index is 661. The summed E-state index contributed by atoms with van der Waals surface area (Å²) in [5.41, 5.74) is -1.43. The molecule has 0 amide bonds. The molecule has 0 aromatic heterocycles. The highest BCUT2D eigenvalue weighted by molar-refractivity contribution is 5.91. The fraction of sp³-hybridized carbons (Fsp3) is 0.400. The van der Waals surface area contributed by atoms with Crippen LogP contribution < -0.4 is 5.32 Å². The molecule has 1 aliphatic carbocycles. The number of nitrogens with one attached hydrogen (secondary N) is 1. The van der Waals surface area contributed by atoms with Gasteiger partial charge in [-0.15, -0.1) is 0 Å². The molecule has 1 N–H and O–H groups in total. The van der Waals surface area contributed by atoms with E-state index in [1.54, 1.807) is 0 Å². The van der Waals surface area contributed by atoms with Gasteiger partial charge < -0.3 is 5.32 Å². The number of allylic oxidation sites excluding steroid dienone is 2. The van der Waals surface area contributed by atoms with Gasteiger partial charge in [0, 0.05) is 24.7 Å². The van der Waals surface area contributed by atoms with E-state index in [1.807, 2.05) is 0 Å². The van der Waals surface area contributed by atoms with Crippen molar-refractivity contribution in [2.45, 2.75) is 31.7 Å². The molecular formula is C15H12F7NO. The van der Waals surface area contributed by atoms with Crippen LogP contribution in [0.2, 0.25) is 0 Å². The van der Waals surface area contributed by atoms with E-state index in [0.29, 0.717) is 12.1 Å². The Kier molecular flexibility index (Phi) is 4.91. The highest BCUT2D eigenvalue weighted by Gasteiger charge is 2.42. The average molecular weight is 355 g/mol. The number of hydrogen-bond donors (Lipinski definition) is 1. The molecule has 0 saturated carbocycles.